The molecule has 0 amide bonds. The summed E-state index contributed by atoms with van der Waals surface area (Å²) in [7, 11) is 3.99. The predicted molar refractivity (Wildman–Crippen MR) is 79.9 cm³/mol. The normalized spacial score (nSPS) is 15.4. The number of piperidine rings is 1. The fraction of sp³-hybridized carbons (Fsp3) is 0.533. The van der Waals surface area contributed by atoms with Crippen molar-refractivity contribution in [2.45, 2.75) is 20.3 Å². The molecular weight excluding hydrogens is 243 g/mol. The van der Waals surface area contributed by atoms with E-state index >= 15 is 0 Å². The molecule has 0 aromatic heterocycles. The number of rotatable bonds is 3. The molecule has 1 N–H and O–H groups in total. The maximum atomic E-state index is 12.3. The first kappa shape index (κ1) is 15.6. The highest BCUT2D eigenvalue weighted by molar-refractivity contribution is 5.98. The van der Waals surface area contributed by atoms with Gasteiger partial charge in [-0.15, -0.1) is 0 Å². The van der Waals surface area contributed by atoms with Crippen LogP contribution in [-0.4, -0.2) is 34.4 Å². The zero-order chi connectivity index (χ0) is 14.3. The number of hydrogen-bond donors (Lipinski definition) is 1. The van der Waals surface area contributed by atoms with Crippen LogP contribution in [0.1, 0.15) is 30.6 Å². The van der Waals surface area contributed by atoms with Crippen molar-refractivity contribution in [3.63, 3.8) is 0 Å². The summed E-state index contributed by atoms with van der Waals surface area (Å²) in [6.07, 6.45) is 1.93. The first-order valence-electron chi connectivity index (χ1n) is 6.58. The Morgan fingerprint density at radius 3 is 2.58 bits per heavy atom. The highest BCUT2D eigenvalue weighted by Crippen LogP contribution is 2.21. The largest absolute Gasteiger partial charge is 0.378 e. The Bertz CT molecular complexity index is 407. The first-order chi connectivity index (χ1) is 9.18. The summed E-state index contributed by atoms with van der Waals surface area (Å²) in [6.45, 7) is 1.92. The fourth-order valence-corrected chi connectivity index (χ4v) is 2.26. The fourth-order valence-electron chi connectivity index (χ4n) is 2.26. The molecule has 4 heteroatoms. The SMILES string of the molecule is C.CN(C)c1cccc(C(=O)C2CCNCC2)c1.[3H]F. The van der Waals surface area contributed by atoms with Gasteiger partial charge >= 0.3 is 0 Å². The molecule has 1 aliphatic rings. The second-order valence-electron chi connectivity index (χ2n) is 4.83. The Hall–Kier alpha value is -1.42. The second-order valence-corrected chi connectivity index (χ2v) is 4.83. The summed E-state index contributed by atoms with van der Waals surface area (Å²) in [5.41, 5.74) is 1.94. The molecule has 0 atom stereocenters. The van der Waals surface area contributed by atoms with Crippen LogP contribution in [0.2, 0.25) is 0 Å². The lowest BCUT2D eigenvalue weighted by molar-refractivity contribution is 0.0895. The van der Waals surface area contributed by atoms with E-state index in [1.165, 1.54) is 0 Å². The third-order valence-electron chi connectivity index (χ3n) is 3.36. The van der Waals surface area contributed by atoms with Gasteiger partial charge in [0.2, 0.25) is 0 Å². The van der Waals surface area contributed by atoms with E-state index < -0.39 is 0 Å². The van der Waals surface area contributed by atoms with Crippen LogP contribution in [0, 0.1) is 5.92 Å². The van der Waals surface area contributed by atoms with Gasteiger partial charge in [-0.3, -0.25) is 9.51 Å². The molecule has 1 aliphatic heterocycles. The van der Waals surface area contributed by atoms with E-state index in [1.54, 1.807) is 0 Å². The minimum Gasteiger partial charge on any atom is -0.378 e. The number of nitrogens with one attached hydrogen (secondary N) is 1. The third kappa shape index (κ3) is 4.31. The van der Waals surface area contributed by atoms with Crippen LogP contribution >= 0.6 is 0 Å². The van der Waals surface area contributed by atoms with Crippen LogP contribution in [0.25, 0.3) is 0 Å². The molecule has 1 fully saturated rings. The number of carbonyl (C=O) groups is 1. The van der Waals surface area contributed by atoms with E-state index in [0.29, 0.717) is 5.78 Å². The smallest absolute Gasteiger partial charge is 0.269 e. The summed E-state index contributed by atoms with van der Waals surface area (Å²) in [4.78, 5) is 14.4. The van der Waals surface area contributed by atoms with E-state index in [0.717, 1.165) is 37.2 Å². The second kappa shape index (κ2) is 7.89. The summed E-state index contributed by atoms with van der Waals surface area (Å²) >= 11 is 0. The molecule has 1 heterocycles. The van der Waals surface area contributed by atoms with E-state index in [1.807, 2.05) is 43.3 Å². The minimum absolute atomic E-state index is 0. The summed E-state index contributed by atoms with van der Waals surface area (Å²) in [5, 5.41) is 3.29. The minimum atomic E-state index is 0. The number of Topliss-reactive ketones (excluding diaryl/α,β-unsaturated/α-hetero) is 1. The van der Waals surface area contributed by atoms with E-state index in [-0.39, 0.29) is 13.3 Å². The number of benzene rings is 1. The quantitative estimate of drug-likeness (QED) is 0.857. The van der Waals surface area contributed by atoms with Gasteiger partial charge in [0.05, 0.1) is 0 Å². The summed E-state index contributed by atoms with van der Waals surface area (Å²) < 4.78 is 13.0. The van der Waals surface area contributed by atoms with Crippen molar-refractivity contribution in [2.75, 3.05) is 32.1 Å². The van der Waals surface area contributed by atoms with Crippen molar-refractivity contribution in [3.8, 4) is 0 Å². The van der Waals surface area contributed by atoms with Crippen molar-refractivity contribution in [3.05, 3.63) is 29.8 Å². The molecule has 108 valence electrons. The number of carbonyl (C=O) groups excluding carboxylic acids is 1. The molecule has 0 aliphatic carbocycles. The van der Waals surface area contributed by atoms with Gasteiger partial charge in [0.25, 0.3) is 1.45 Å². The summed E-state index contributed by atoms with van der Waals surface area (Å²) in [5.74, 6) is 0.504. The Morgan fingerprint density at radius 1 is 1.37 bits per heavy atom. The molecule has 2 rings (SSSR count). The number of halogens is 1. The maximum absolute atomic E-state index is 12.3. The molecule has 0 bridgehead atoms. The molecule has 19 heavy (non-hydrogen) atoms. The predicted octanol–water partition coefficient (Wildman–Crippen LogP) is 2.72. The van der Waals surface area contributed by atoms with Crippen LogP contribution in [0.5, 0.6) is 0 Å². The molecule has 3 nitrogen and oxygen atoms in total. The number of anilines is 1. The number of nitrogens with zero attached hydrogens (tertiary/aromatic N) is 1. The Kier molecular flexibility index (Phi) is 6.50. The molecule has 1 aromatic carbocycles. The van der Waals surface area contributed by atoms with E-state index in [4.69, 9.17) is 4.72 Å². The zero-order valence-corrected chi connectivity index (χ0v) is 10.9. The molecule has 1 saturated heterocycles. The van der Waals surface area contributed by atoms with Crippen LogP contribution in [-0.2, 0) is 0 Å². The van der Waals surface area contributed by atoms with E-state index in [9.17, 15) is 4.79 Å². The van der Waals surface area contributed by atoms with E-state index in [2.05, 4.69) is 6.77 Å². The van der Waals surface area contributed by atoms with Crippen LogP contribution in [0.15, 0.2) is 24.3 Å². The number of hydrogen-bond acceptors (Lipinski definition) is 3. The average molecular weight is 270 g/mol. The van der Waals surface area contributed by atoms with Gasteiger partial charge in [-0.1, -0.05) is 19.6 Å². The van der Waals surface area contributed by atoms with Crippen molar-refractivity contribution < 1.29 is 9.51 Å². The third-order valence-corrected chi connectivity index (χ3v) is 3.36. The van der Waals surface area contributed by atoms with Gasteiger partial charge in [-0.25, -0.2) is 0 Å². The molecule has 0 radical (unpaired) electrons. The zero-order valence-electron chi connectivity index (χ0n) is 11.9. The van der Waals surface area contributed by atoms with Gasteiger partial charge < -0.3 is 10.2 Å². The lowest BCUT2D eigenvalue weighted by Gasteiger charge is -2.22. The average Bonchev–Trinajstić information content (AvgIpc) is 2.49. The van der Waals surface area contributed by atoms with Crippen LogP contribution in [0.3, 0.4) is 0 Å². The molecule has 0 saturated carbocycles. The standard InChI is InChI=1S/C14H20N2O.CH4.FH/c1-16(2)13-5-3-4-12(10-13)14(17)11-6-8-15-9-7-11;;/h3-5,10-11,15H,6-9H2,1-2H3;1H4;1H/i/hT. The Morgan fingerprint density at radius 2 is 2.00 bits per heavy atom. The highest BCUT2D eigenvalue weighted by Gasteiger charge is 2.22. The number of ketones is 1. The first-order valence-corrected chi connectivity index (χ1v) is 6.21. The van der Waals surface area contributed by atoms with Gasteiger partial charge in [-0.05, 0) is 38.1 Å². The van der Waals surface area contributed by atoms with Gasteiger partial charge in [-0.2, -0.15) is 0 Å². The van der Waals surface area contributed by atoms with Crippen LogP contribution < -0.4 is 10.2 Å². The Labute approximate surface area is 116 Å². The van der Waals surface area contributed by atoms with Gasteiger partial charge in [0, 0.05) is 31.3 Å². The molecule has 0 unspecified atom stereocenters. The maximum Gasteiger partial charge on any atom is 0.269 e. The highest BCUT2D eigenvalue weighted by atomic mass is 19.0. The lowest BCUT2D eigenvalue weighted by Crippen LogP contribution is -2.31. The topological polar surface area (TPSA) is 32.3 Å². The van der Waals surface area contributed by atoms with Gasteiger partial charge in [0.1, 0.15) is 0 Å². The van der Waals surface area contributed by atoms with Crippen molar-refractivity contribution in [2.24, 2.45) is 5.92 Å². The Balaban J connectivity index is 0.00000115. The van der Waals surface area contributed by atoms with Crippen molar-refractivity contribution in [1.29, 1.82) is 1.45 Å². The van der Waals surface area contributed by atoms with Crippen LogP contribution in [0.4, 0.5) is 10.4 Å². The molecular formula is C15H25FN2O. The van der Waals surface area contributed by atoms with Gasteiger partial charge in [0.15, 0.2) is 5.78 Å². The van der Waals surface area contributed by atoms with Crippen molar-refractivity contribution in [1.82, 2.24) is 5.32 Å². The molecule has 1 aromatic rings. The monoisotopic (exact) mass is 270 g/mol. The summed E-state index contributed by atoms with van der Waals surface area (Å²) in [6, 6.07) is 7.91. The lowest BCUT2D eigenvalue weighted by atomic mass is 9.89. The van der Waals surface area contributed by atoms with Crippen molar-refractivity contribution >= 4 is 11.5 Å². The molecule has 0 spiro atoms.